The van der Waals surface area contributed by atoms with Crippen LogP contribution in [0.25, 0.3) is 11.0 Å². The first kappa shape index (κ1) is 14.3. The van der Waals surface area contributed by atoms with Crippen LogP contribution in [-0.2, 0) is 12.0 Å². The van der Waals surface area contributed by atoms with Crippen LogP contribution in [0.5, 0.6) is 0 Å². The Kier molecular flexibility index (Phi) is 3.44. The molecule has 3 rings (SSSR count). The SMILES string of the molecule is CC(C)(O)c1cc2ccnc(Cc3ccc(C#N)cc3)c2o1. The van der Waals surface area contributed by atoms with E-state index in [4.69, 9.17) is 9.68 Å². The third-order valence-electron chi connectivity index (χ3n) is 3.56. The Bertz CT molecular complexity index is 849. The molecule has 110 valence electrons. The van der Waals surface area contributed by atoms with E-state index in [1.165, 1.54) is 0 Å². The van der Waals surface area contributed by atoms with Crippen molar-refractivity contribution in [2.45, 2.75) is 25.9 Å². The second-order valence-corrected chi connectivity index (χ2v) is 5.83. The molecular formula is C18H16N2O2. The van der Waals surface area contributed by atoms with Crippen LogP contribution in [0.15, 0.2) is 47.0 Å². The van der Waals surface area contributed by atoms with Crippen LogP contribution < -0.4 is 0 Å². The van der Waals surface area contributed by atoms with Gasteiger partial charge >= 0.3 is 0 Å². The summed E-state index contributed by atoms with van der Waals surface area (Å²) in [7, 11) is 0. The predicted molar refractivity (Wildman–Crippen MR) is 83.2 cm³/mol. The van der Waals surface area contributed by atoms with Crippen molar-refractivity contribution in [3.8, 4) is 6.07 Å². The average molecular weight is 292 g/mol. The summed E-state index contributed by atoms with van der Waals surface area (Å²) in [4.78, 5) is 4.40. The number of aromatic nitrogens is 1. The summed E-state index contributed by atoms with van der Waals surface area (Å²) >= 11 is 0. The van der Waals surface area contributed by atoms with E-state index in [9.17, 15) is 5.11 Å². The molecule has 0 fully saturated rings. The second-order valence-electron chi connectivity index (χ2n) is 5.83. The van der Waals surface area contributed by atoms with Crippen molar-refractivity contribution >= 4 is 11.0 Å². The van der Waals surface area contributed by atoms with Crippen LogP contribution in [-0.4, -0.2) is 10.1 Å². The van der Waals surface area contributed by atoms with E-state index in [-0.39, 0.29) is 0 Å². The first-order valence-electron chi connectivity index (χ1n) is 7.07. The Morgan fingerprint density at radius 2 is 1.95 bits per heavy atom. The van der Waals surface area contributed by atoms with Crippen molar-refractivity contribution in [2.24, 2.45) is 0 Å². The van der Waals surface area contributed by atoms with Gasteiger partial charge in [0, 0.05) is 18.0 Å². The zero-order chi connectivity index (χ0) is 15.7. The Hall–Kier alpha value is -2.64. The van der Waals surface area contributed by atoms with E-state index in [1.807, 2.05) is 24.3 Å². The lowest BCUT2D eigenvalue weighted by Gasteiger charge is -2.12. The Labute approximate surface area is 128 Å². The van der Waals surface area contributed by atoms with Crippen LogP contribution in [0.2, 0.25) is 0 Å². The highest BCUT2D eigenvalue weighted by atomic mass is 16.4. The van der Waals surface area contributed by atoms with Gasteiger partial charge in [-0.25, -0.2) is 0 Å². The summed E-state index contributed by atoms with van der Waals surface area (Å²) in [6, 6.07) is 13.2. The van der Waals surface area contributed by atoms with Gasteiger partial charge in [-0.2, -0.15) is 5.26 Å². The van der Waals surface area contributed by atoms with E-state index in [2.05, 4.69) is 11.1 Å². The van der Waals surface area contributed by atoms with E-state index in [1.54, 1.807) is 32.2 Å². The first-order valence-corrected chi connectivity index (χ1v) is 7.07. The molecule has 2 aromatic heterocycles. The van der Waals surface area contributed by atoms with Crippen molar-refractivity contribution in [1.29, 1.82) is 5.26 Å². The summed E-state index contributed by atoms with van der Waals surface area (Å²) in [5.74, 6) is 0.525. The molecule has 4 nitrogen and oxygen atoms in total. The summed E-state index contributed by atoms with van der Waals surface area (Å²) in [5, 5.41) is 19.8. The smallest absolute Gasteiger partial charge is 0.156 e. The summed E-state index contributed by atoms with van der Waals surface area (Å²) in [5.41, 5.74) is 2.18. The molecule has 0 atom stereocenters. The van der Waals surface area contributed by atoms with E-state index >= 15 is 0 Å². The van der Waals surface area contributed by atoms with E-state index in [0.29, 0.717) is 23.3 Å². The molecule has 0 aliphatic carbocycles. The predicted octanol–water partition coefficient (Wildman–Crippen LogP) is 3.52. The molecule has 0 aliphatic heterocycles. The lowest BCUT2D eigenvalue weighted by molar-refractivity contribution is 0.0558. The lowest BCUT2D eigenvalue weighted by atomic mass is 10.1. The second kappa shape index (κ2) is 5.28. The summed E-state index contributed by atoms with van der Waals surface area (Å²) in [6.07, 6.45) is 2.35. The molecule has 22 heavy (non-hydrogen) atoms. The molecule has 0 unspecified atom stereocenters. The molecule has 0 saturated heterocycles. The number of aliphatic hydroxyl groups is 1. The third kappa shape index (κ3) is 2.72. The fourth-order valence-corrected chi connectivity index (χ4v) is 2.34. The Morgan fingerprint density at radius 1 is 1.23 bits per heavy atom. The molecule has 0 bridgehead atoms. The van der Waals surface area contributed by atoms with Gasteiger partial charge < -0.3 is 9.52 Å². The number of nitriles is 1. The highest BCUT2D eigenvalue weighted by molar-refractivity contribution is 5.80. The van der Waals surface area contributed by atoms with E-state index < -0.39 is 5.60 Å². The Morgan fingerprint density at radius 3 is 2.59 bits per heavy atom. The highest BCUT2D eigenvalue weighted by Gasteiger charge is 2.22. The van der Waals surface area contributed by atoms with Gasteiger partial charge in [-0.15, -0.1) is 0 Å². The standard InChI is InChI=1S/C18H16N2O2/c1-18(2,21)16-10-14-7-8-20-15(17(14)22-16)9-12-3-5-13(11-19)6-4-12/h3-8,10,21H,9H2,1-2H3. The number of hydrogen-bond acceptors (Lipinski definition) is 4. The molecule has 3 aromatic rings. The van der Waals surface area contributed by atoms with Crippen molar-refractivity contribution < 1.29 is 9.52 Å². The zero-order valence-corrected chi connectivity index (χ0v) is 12.5. The zero-order valence-electron chi connectivity index (χ0n) is 12.5. The molecule has 0 saturated carbocycles. The minimum absolute atomic E-state index is 0.525. The van der Waals surface area contributed by atoms with Gasteiger partial charge in [-0.05, 0) is 43.7 Å². The molecular weight excluding hydrogens is 276 g/mol. The molecule has 4 heteroatoms. The van der Waals surface area contributed by atoms with Crippen LogP contribution in [0.3, 0.4) is 0 Å². The topological polar surface area (TPSA) is 70.1 Å². The van der Waals surface area contributed by atoms with Gasteiger partial charge in [0.2, 0.25) is 0 Å². The molecule has 0 aliphatic rings. The third-order valence-corrected chi connectivity index (χ3v) is 3.56. The number of hydrogen-bond donors (Lipinski definition) is 1. The summed E-state index contributed by atoms with van der Waals surface area (Å²) < 4.78 is 5.82. The number of pyridine rings is 1. The van der Waals surface area contributed by atoms with Crippen LogP contribution in [0, 0.1) is 11.3 Å². The normalized spacial score (nSPS) is 11.5. The van der Waals surface area contributed by atoms with Gasteiger partial charge in [0.05, 0.1) is 17.3 Å². The van der Waals surface area contributed by atoms with Gasteiger partial charge in [0.25, 0.3) is 0 Å². The number of benzene rings is 1. The fraction of sp³-hybridized carbons (Fsp3) is 0.222. The number of fused-ring (bicyclic) bond motifs is 1. The maximum absolute atomic E-state index is 10.1. The minimum Gasteiger partial charge on any atom is -0.456 e. The number of furan rings is 1. The largest absolute Gasteiger partial charge is 0.456 e. The first-order chi connectivity index (χ1) is 10.5. The molecule has 2 heterocycles. The van der Waals surface area contributed by atoms with Crippen molar-refractivity contribution in [2.75, 3.05) is 0 Å². The summed E-state index contributed by atoms with van der Waals surface area (Å²) in [6.45, 7) is 3.39. The van der Waals surface area contributed by atoms with Crippen molar-refractivity contribution in [3.63, 3.8) is 0 Å². The molecule has 0 amide bonds. The lowest BCUT2D eigenvalue weighted by Crippen LogP contribution is -2.13. The quantitative estimate of drug-likeness (QED) is 0.802. The molecule has 0 radical (unpaired) electrons. The van der Waals surface area contributed by atoms with E-state index in [0.717, 1.165) is 16.6 Å². The Balaban J connectivity index is 1.99. The minimum atomic E-state index is -1.02. The molecule has 1 aromatic carbocycles. The fourth-order valence-electron chi connectivity index (χ4n) is 2.34. The molecule has 1 N–H and O–H groups in total. The maximum atomic E-state index is 10.1. The monoisotopic (exact) mass is 292 g/mol. The van der Waals surface area contributed by atoms with Gasteiger partial charge in [-0.3, -0.25) is 4.98 Å². The van der Waals surface area contributed by atoms with Crippen molar-refractivity contribution in [1.82, 2.24) is 4.98 Å². The van der Waals surface area contributed by atoms with Crippen LogP contribution in [0.1, 0.15) is 36.4 Å². The number of rotatable bonds is 3. The number of nitrogens with zero attached hydrogens (tertiary/aromatic N) is 2. The van der Waals surface area contributed by atoms with Crippen LogP contribution >= 0.6 is 0 Å². The average Bonchev–Trinajstić information content (AvgIpc) is 2.93. The van der Waals surface area contributed by atoms with Crippen LogP contribution in [0.4, 0.5) is 0 Å². The van der Waals surface area contributed by atoms with Gasteiger partial charge in [0.1, 0.15) is 11.4 Å². The highest BCUT2D eigenvalue weighted by Crippen LogP contribution is 2.29. The van der Waals surface area contributed by atoms with Gasteiger partial charge in [0.15, 0.2) is 5.58 Å². The van der Waals surface area contributed by atoms with Gasteiger partial charge in [-0.1, -0.05) is 12.1 Å². The molecule has 0 spiro atoms. The maximum Gasteiger partial charge on any atom is 0.156 e. The van der Waals surface area contributed by atoms with Crippen molar-refractivity contribution in [3.05, 3.63) is 65.2 Å².